The Kier molecular flexibility index (Phi) is 3.59. The summed E-state index contributed by atoms with van der Waals surface area (Å²) in [5.74, 6) is 0. The number of halogens is 1. The lowest BCUT2D eigenvalue weighted by Crippen LogP contribution is -2.42. The van der Waals surface area contributed by atoms with Gasteiger partial charge < -0.3 is 10.2 Å². The minimum Gasteiger partial charge on any atom is -0.396 e. The molecule has 1 aliphatic rings. The molecule has 0 spiro atoms. The van der Waals surface area contributed by atoms with E-state index < -0.39 is 0 Å². The number of hydrogen-bond acceptors (Lipinski definition) is 3. The molecule has 0 atom stereocenters. The number of hydrogen-bond donors (Lipinski definition) is 1. The molecule has 0 fully saturated rings. The molecule has 5 heteroatoms. The highest BCUT2D eigenvalue weighted by atomic mass is 35.5. The minimum atomic E-state index is -0.373. The van der Waals surface area contributed by atoms with Crippen molar-refractivity contribution in [3.63, 3.8) is 0 Å². The lowest BCUT2D eigenvalue weighted by molar-refractivity contribution is 0.157. The van der Waals surface area contributed by atoms with E-state index in [0.29, 0.717) is 11.6 Å². The van der Waals surface area contributed by atoms with Crippen LogP contribution in [0.4, 0.5) is 5.69 Å². The van der Waals surface area contributed by atoms with Crippen molar-refractivity contribution in [2.45, 2.75) is 20.8 Å². The van der Waals surface area contributed by atoms with E-state index in [1.54, 1.807) is 0 Å². The van der Waals surface area contributed by atoms with Crippen molar-refractivity contribution in [1.82, 2.24) is 0 Å². The van der Waals surface area contributed by atoms with Crippen molar-refractivity contribution < 1.29 is 4.84 Å². The van der Waals surface area contributed by atoms with E-state index in [1.165, 1.54) is 0 Å². The van der Waals surface area contributed by atoms with E-state index in [-0.39, 0.29) is 5.41 Å². The number of fused-ring (bicyclic) bond motifs is 1. The van der Waals surface area contributed by atoms with Crippen LogP contribution in [0.3, 0.4) is 0 Å². The monoisotopic (exact) mass is 282 g/mol. The Morgan fingerprint density at radius 3 is 2.83 bits per heavy atom. The van der Waals surface area contributed by atoms with Crippen LogP contribution >= 0.6 is 23.8 Å². The molecule has 1 N–H and O–H groups in total. The predicted octanol–water partition coefficient (Wildman–Crippen LogP) is 3.86. The van der Waals surface area contributed by atoms with Crippen molar-refractivity contribution in [1.29, 1.82) is 0 Å². The second-order valence-corrected chi connectivity index (χ2v) is 5.47. The van der Waals surface area contributed by atoms with Gasteiger partial charge in [0, 0.05) is 16.3 Å². The van der Waals surface area contributed by atoms with Crippen LogP contribution < -0.4 is 5.32 Å². The molecule has 1 aromatic rings. The molecule has 0 unspecified atom stereocenters. The Bertz CT molecular complexity index is 526. The van der Waals surface area contributed by atoms with E-state index in [9.17, 15) is 0 Å². The largest absolute Gasteiger partial charge is 0.396 e. The summed E-state index contributed by atoms with van der Waals surface area (Å²) in [6, 6.07) is 5.61. The Labute approximate surface area is 117 Å². The number of benzene rings is 1. The Hall–Kier alpha value is -1.13. The minimum absolute atomic E-state index is 0.373. The fourth-order valence-corrected chi connectivity index (χ4v) is 2.22. The second kappa shape index (κ2) is 4.86. The van der Waals surface area contributed by atoms with Gasteiger partial charge in [-0.25, -0.2) is 0 Å². The van der Waals surface area contributed by atoms with E-state index in [2.05, 4.69) is 10.5 Å². The lowest BCUT2D eigenvalue weighted by Gasteiger charge is -2.34. The molecule has 0 amide bonds. The molecule has 1 aromatic carbocycles. The first kappa shape index (κ1) is 13.3. The fraction of sp³-hybridized carbons (Fsp3) is 0.385. The second-order valence-electron chi connectivity index (χ2n) is 4.63. The molecule has 0 radical (unpaired) electrons. The van der Waals surface area contributed by atoms with Crippen molar-refractivity contribution in [2.24, 2.45) is 10.6 Å². The summed E-state index contributed by atoms with van der Waals surface area (Å²) in [5, 5.41) is 8.11. The Balaban J connectivity index is 2.59. The summed E-state index contributed by atoms with van der Waals surface area (Å²) >= 11 is 11.4. The molecule has 1 aliphatic heterocycles. The van der Waals surface area contributed by atoms with Crippen LogP contribution in [0.2, 0.25) is 5.02 Å². The normalized spacial score (nSPS) is 19.3. The van der Waals surface area contributed by atoms with Crippen LogP contribution in [0.15, 0.2) is 23.4 Å². The molecular formula is C13H15ClN2OS. The number of rotatable bonds is 2. The zero-order valence-corrected chi connectivity index (χ0v) is 12.2. The highest BCUT2D eigenvalue weighted by Gasteiger charge is 2.37. The molecule has 2 rings (SSSR count). The van der Waals surface area contributed by atoms with Crippen molar-refractivity contribution in [3.05, 3.63) is 28.8 Å². The maximum atomic E-state index is 6.05. The standard InChI is InChI=1S/C13H15ClN2OS/c1-4-17-16-11-9-7-8(14)5-6-10(9)15-12(18)13(11,2)3/h5-7H,4H2,1-3H3,(H,15,18). The summed E-state index contributed by atoms with van der Waals surface area (Å²) in [7, 11) is 0. The molecule has 0 aromatic heterocycles. The summed E-state index contributed by atoms with van der Waals surface area (Å²) in [6.45, 7) is 6.46. The molecule has 0 bridgehead atoms. The zero-order chi connectivity index (χ0) is 13.3. The van der Waals surface area contributed by atoms with Gasteiger partial charge in [-0.05, 0) is 39.0 Å². The van der Waals surface area contributed by atoms with Gasteiger partial charge in [0.1, 0.15) is 12.3 Å². The smallest absolute Gasteiger partial charge is 0.114 e. The van der Waals surface area contributed by atoms with E-state index >= 15 is 0 Å². The number of anilines is 1. The van der Waals surface area contributed by atoms with Crippen molar-refractivity contribution in [2.75, 3.05) is 11.9 Å². The molecule has 0 saturated heterocycles. The molecule has 3 nitrogen and oxygen atoms in total. The van der Waals surface area contributed by atoms with Crippen LogP contribution in [0.25, 0.3) is 0 Å². The van der Waals surface area contributed by atoms with Gasteiger partial charge in [-0.15, -0.1) is 0 Å². The number of nitrogens with one attached hydrogen (secondary N) is 1. The van der Waals surface area contributed by atoms with Gasteiger partial charge in [-0.3, -0.25) is 0 Å². The van der Waals surface area contributed by atoms with E-state index in [1.807, 2.05) is 39.0 Å². The number of thiocarbonyl (C=S) groups is 1. The molecule has 18 heavy (non-hydrogen) atoms. The first-order valence-electron chi connectivity index (χ1n) is 5.78. The van der Waals surface area contributed by atoms with E-state index in [4.69, 9.17) is 28.7 Å². The van der Waals surface area contributed by atoms with Crippen LogP contribution in [0, 0.1) is 5.41 Å². The third-order valence-electron chi connectivity index (χ3n) is 2.93. The molecule has 1 heterocycles. The predicted molar refractivity (Wildman–Crippen MR) is 79.6 cm³/mol. The van der Waals surface area contributed by atoms with E-state index in [0.717, 1.165) is 22.0 Å². The van der Waals surface area contributed by atoms with Gasteiger partial charge >= 0.3 is 0 Å². The fourth-order valence-electron chi connectivity index (χ4n) is 1.84. The van der Waals surface area contributed by atoms with Crippen molar-refractivity contribution >= 4 is 40.2 Å². The third kappa shape index (κ3) is 2.22. The van der Waals surface area contributed by atoms with Crippen LogP contribution in [0.1, 0.15) is 26.3 Å². The quantitative estimate of drug-likeness (QED) is 0.661. The molecule has 0 saturated carbocycles. The lowest BCUT2D eigenvalue weighted by atomic mass is 9.80. The van der Waals surface area contributed by atoms with Crippen LogP contribution in [-0.4, -0.2) is 17.3 Å². The average molecular weight is 283 g/mol. The first-order valence-corrected chi connectivity index (χ1v) is 6.57. The van der Waals surface area contributed by atoms with Gasteiger partial charge in [-0.2, -0.15) is 0 Å². The van der Waals surface area contributed by atoms with Gasteiger partial charge in [0.15, 0.2) is 0 Å². The van der Waals surface area contributed by atoms with Gasteiger partial charge in [0.25, 0.3) is 0 Å². The highest BCUT2D eigenvalue weighted by molar-refractivity contribution is 7.80. The van der Waals surface area contributed by atoms with Gasteiger partial charge in [0.2, 0.25) is 0 Å². The van der Waals surface area contributed by atoms with Crippen molar-refractivity contribution in [3.8, 4) is 0 Å². The topological polar surface area (TPSA) is 33.6 Å². The number of oxime groups is 1. The SMILES string of the molecule is CCON=C1c2cc(Cl)ccc2NC(=S)C1(C)C. The Morgan fingerprint density at radius 1 is 1.44 bits per heavy atom. The van der Waals surface area contributed by atoms with Gasteiger partial charge in [0.05, 0.1) is 10.4 Å². The number of nitrogens with zero attached hydrogens (tertiary/aromatic N) is 1. The maximum absolute atomic E-state index is 6.05. The summed E-state index contributed by atoms with van der Waals surface area (Å²) < 4.78 is 0. The summed E-state index contributed by atoms with van der Waals surface area (Å²) in [5.41, 5.74) is 2.30. The molecule has 96 valence electrons. The summed E-state index contributed by atoms with van der Waals surface area (Å²) in [6.07, 6.45) is 0. The van der Waals surface area contributed by atoms with Gasteiger partial charge in [-0.1, -0.05) is 29.0 Å². The first-order chi connectivity index (χ1) is 8.46. The third-order valence-corrected chi connectivity index (χ3v) is 3.78. The highest BCUT2D eigenvalue weighted by Crippen LogP contribution is 2.36. The maximum Gasteiger partial charge on any atom is 0.114 e. The molecular weight excluding hydrogens is 268 g/mol. The molecule has 0 aliphatic carbocycles. The van der Waals surface area contributed by atoms with Crippen LogP contribution in [-0.2, 0) is 4.84 Å². The Morgan fingerprint density at radius 2 is 2.17 bits per heavy atom. The average Bonchev–Trinajstić information content (AvgIpc) is 2.31. The van der Waals surface area contributed by atoms with Crippen LogP contribution in [0.5, 0.6) is 0 Å². The zero-order valence-electron chi connectivity index (χ0n) is 10.6. The summed E-state index contributed by atoms with van der Waals surface area (Å²) in [4.78, 5) is 5.94.